The van der Waals surface area contributed by atoms with Gasteiger partial charge in [-0.25, -0.2) is 0 Å². The Morgan fingerprint density at radius 1 is 1.40 bits per heavy atom. The van der Waals surface area contributed by atoms with E-state index < -0.39 is 0 Å². The van der Waals surface area contributed by atoms with Crippen molar-refractivity contribution in [2.45, 2.75) is 26.3 Å². The van der Waals surface area contributed by atoms with E-state index in [1.54, 1.807) is 0 Å². The highest BCUT2D eigenvalue weighted by Crippen LogP contribution is 2.27. The molecular weight excluding hydrogens is 322 g/mol. The van der Waals surface area contributed by atoms with Crippen LogP contribution in [0.15, 0.2) is 25.7 Å². The number of hydrogen-bond donors (Lipinski definition) is 1. The van der Waals surface area contributed by atoms with Crippen LogP contribution in [0.1, 0.15) is 26.5 Å². The topological polar surface area (TPSA) is 25.2 Å². The molecule has 2 nitrogen and oxygen atoms in total. The zero-order valence-corrected chi connectivity index (χ0v) is 12.3. The molecule has 1 N–H and O–H groups in total. The van der Waals surface area contributed by atoms with Gasteiger partial charge in [-0.1, -0.05) is 6.08 Å². The van der Waals surface area contributed by atoms with E-state index >= 15 is 0 Å². The average Bonchev–Trinajstić information content (AvgIpc) is 2.39. The minimum atomic E-state index is 0.147. The summed E-state index contributed by atoms with van der Waals surface area (Å²) in [6, 6.07) is 1.93. The summed E-state index contributed by atoms with van der Waals surface area (Å²) in [5, 5.41) is 3.36. The van der Waals surface area contributed by atoms with Crippen LogP contribution in [0.4, 0.5) is 0 Å². The lowest BCUT2D eigenvalue weighted by Gasteiger charge is -2.18. The fourth-order valence-corrected chi connectivity index (χ4v) is 1.59. The molecular formula is C11H15Br2NO. The van der Waals surface area contributed by atoms with Crippen LogP contribution in [0.2, 0.25) is 0 Å². The van der Waals surface area contributed by atoms with Crippen LogP contribution in [0.25, 0.3) is 6.08 Å². The molecule has 0 aliphatic rings. The van der Waals surface area contributed by atoms with Crippen LogP contribution >= 0.6 is 31.9 Å². The van der Waals surface area contributed by atoms with E-state index in [0.29, 0.717) is 0 Å². The number of rotatable bonds is 3. The van der Waals surface area contributed by atoms with Gasteiger partial charge in [0.05, 0.1) is 4.47 Å². The third-order valence-corrected chi connectivity index (χ3v) is 3.41. The molecule has 0 atom stereocenters. The normalized spacial score (nSPS) is 12.6. The summed E-state index contributed by atoms with van der Waals surface area (Å²) in [6.45, 7) is 7.25. The van der Waals surface area contributed by atoms with Crippen LogP contribution in [0.5, 0.6) is 0 Å². The van der Waals surface area contributed by atoms with Crippen molar-refractivity contribution >= 4 is 37.9 Å². The fourth-order valence-electron chi connectivity index (χ4n) is 0.986. The Morgan fingerprint density at radius 2 is 2.07 bits per heavy atom. The van der Waals surface area contributed by atoms with Crippen molar-refractivity contribution in [3.8, 4) is 0 Å². The molecule has 84 valence electrons. The van der Waals surface area contributed by atoms with Crippen LogP contribution in [-0.4, -0.2) is 12.1 Å². The summed E-state index contributed by atoms with van der Waals surface area (Å²) in [4.78, 5) is 0. The van der Waals surface area contributed by atoms with Gasteiger partial charge in [-0.3, -0.25) is 0 Å². The van der Waals surface area contributed by atoms with Gasteiger partial charge in [0.25, 0.3) is 0 Å². The smallest absolute Gasteiger partial charge is 0.184 e. The second-order valence-corrected chi connectivity index (χ2v) is 5.88. The quantitative estimate of drug-likeness (QED) is 0.894. The van der Waals surface area contributed by atoms with E-state index in [0.717, 1.165) is 21.4 Å². The van der Waals surface area contributed by atoms with Crippen molar-refractivity contribution in [2.24, 2.45) is 0 Å². The van der Waals surface area contributed by atoms with Crippen molar-refractivity contribution in [2.75, 3.05) is 6.54 Å². The molecule has 0 amide bonds. The zero-order valence-electron chi connectivity index (χ0n) is 9.10. The standard InChI is InChI=1S/C11H15Br2NO/c1-11(2,3)14-6-4-5-8-7-9(12)10(13)15-8/h4-5,7,14H,6H2,1-3H3. The minimum Gasteiger partial charge on any atom is -0.449 e. The first-order valence-electron chi connectivity index (χ1n) is 4.75. The Balaban J connectivity index is 2.45. The monoisotopic (exact) mass is 335 g/mol. The predicted molar refractivity (Wildman–Crippen MR) is 70.9 cm³/mol. The lowest BCUT2D eigenvalue weighted by molar-refractivity contribution is 0.449. The molecule has 0 fully saturated rings. The van der Waals surface area contributed by atoms with Crippen molar-refractivity contribution in [1.82, 2.24) is 5.32 Å². The molecule has 1 aromatic rings. The van der Waals surface area contributed by atoms with Crippen molar-refractivity contribution in [3.05, 3.63) is 27.0 Å². The van der Waals surface area contributed by atoms with Crippen LogP contribution < -0.4 is 5.32 Å². The molecule has 0 aromatic carbocycles. The number of halogens is 2. The van der Waals surface area contributed by atoms with Crippen LogP contribution in [0, 0.1) is 0 Å². The molecule has 1 aromatic heterocycles. The average molecular weight is 337 g/mol. The van der Waals surface area contributed by atoms with Gasteiger partial charge in [0.15, 0.2) is 4.67 Å². The molecule has 0 aliphatic heterocycles. The highest BCUT2D eigenvalue weighted by molar-refractivity contribution is 9.13. The lowest BCUT2D eigenvalue weighted by Crippen LogP contribution is -2.35. The van der Waals surface area contributed by atoms with E-state index in [1.165, 1.54) is 0 Å². The van der Waals surface area contributed by atoms with E-state index in [-0.39, 0.29) is 5.54 Å². The lowest BCUT2D eigenvalue weighted by atomic mass is 10.1. The van der Waals surface area contributed by atoms with E-state index in [2.05, 4.69) is 57.9 Å². The van der Waals surface area contributed by atoms with Gasteiger partial charge in [-0.15, -0.1) is 0 Å². The van der Waals surface area contributed by atoms with Crippen molar-refractivity contribution in [3.63, 3.8) is 0 Å². The third-order valence-electron chi connectivity index (χ3n) is 1.70. The second-order valence-electron chi connectivity index (χ2n) is 4.30. The first kappa shape index (κ1) is 13.0. The molecule has 0 unspecified atom stereocenters. The summed E-state index contributed by atoms with van der Waals surface area (Å²) in [5.74, 6) is 0.837. The highest BCUT2D eigenvalue weighted by Gasteiger charge is 2.06. The van der Waals surface area contributed by atoms with Crippen LogP contribution in [-0.2, 0) is 0 Å². The minimum absolute atomic E-state index is 0.147. The molecule has 0 saturated carbocycles. The van der Waals surface area contributed by atoms with Gasteiger partial charge in [0.1, 0.15) is 5.76 Å². The SMILES string of the molecule is CC(C)(C)NCC=Cc1cc(Br)c(Br)o1. The Labute approximate surface area is 107 Å². The van der Waals surface area contributed by atoms with Gasteiger partial charge in [-0.2, -0.15) is 0 Å². The molecule has 1 rings (SSSR count). The zero-order chi connectivity index (χ0) is 11.5. The summed E-state index contributed by atoms with van der Waals surface area (Å²) >= 11 is 6.66. The molecule has 0 bridgehead atoms. The van der Waals surface area contributed by atoms with Gasteiger partial charge in [0.2, 0.25) is 0 Å². The Bertz CT molecular complexity index is 330. The summed E-state index contributed by atoms with van der Waals surface area (Å²) < 4.78 is 7.07. The van der Waals surface area contributed by atoms with Crippen molar-refractivity contribution in [1.29, 1.82) is 0 Å². The van der Waals surface area contributed by atoms with E-state index in [9.17, 15) is 0 Å². The number of nitrogens with one attached hydrogen (secondary N) is 1. The molecule has 0 aliphatic carbocycles. The largest absolute Gasteiger partial charge is 0.449 e. The molecule has 0 radical (unpaired) electrons. The van der Waals surface area contributed by atoms with Crippen LogP contribution in [0.3, 0.4) is 0 Å². The molecule has 0 saturated heterocycles. The van der Waals surface area contributed by atoms with E-state index in [4.69, 9.17) is 4.42 Å². The first-order valence-corrected chi connectivity index (χ1v) is 6.33. The maximum atomic E-state index is 5.40. The van der Waals surface area contributed by atoms with Crippen molar-refractivity contribution < 1.29 is 4.42 Å². The maximum absolute atomic E-state index is 5.40. The third kappa shape index (κ3) is 5.00. The first-order chi connectivity index (χ1) is 6.88. The molecule has 0 spiro atoms. The second kappa shape index (κ2) is 5.32. The van der Waals surface area contributed by atoms with Gasteiger partial charge in [0, 0.05) is 12.1 Å². The summed E-state index contributed by atoms with van der Waals surface area (Å²) in [6.07, 6.45) is 4.00. The van der Waals surface area contributed by atoms with Gasteiger partial charge in [-0.05, 0) is 64.8 Å². The van der Waals surface area contributed by atoms with E-state index in [1.807, 2.05) is 18.2 Å². The highest BCUT2D eigenvalue weighted by atomic mass is 79.9. The Hall–Kier alpha value is -0.0600. The predicted octanol–water partition coefficient (Wildman–Crippen LogP) is 4.21. The summed E-state index contributed by atoms with van der Waals surface area (Å²) in [5.41, 5.74) is 0.147. The number of furan rings is 1. The van der Waals surface area contributed by atoms with Gasteiger partial charge < -0.3 is 9.73 Å². The summed E-state index contributed by atoms with van der Waals surface area (Å²) in [7, 11) is 0. The molecule has 1 heterocycles. The molecule has 15 heavy (non-hydrogen) atoms. The number of hydrogen-bond acceptors (Lipinski definition) is 2. The molecule has 4 heteroatoms. The Kier molecular flexibility index (Phi) is 4.62. The fraction of sp³-hybridized carbons (Fsp3) is 0.455. The Morgan fingerprint density at radius 3 is 2.53 bits per heavy atom. The van der Waals surface area contributed by atoms with Gasteiger partial charge >= 0.3 is 0 Å². The maximum Gasteiger partial charge on any atom is 0.184 e.